The van der Waals surface area contributed by atoms with Gasteiger partial charge in [-0.1, -0.05) is 18.2 Å². The molecule has 3 aromatic rings. The molecule has 0 spiro atoms. The maximum absolute atomic E-state index is 11.1. The molecule has 0 bridgehead atoms. The van der Waals surface area contributed by atoms with E-state index in [0.29, 0.717) is 16.6 Å². The zero-order valence-corrected chi connectivity index (χ0v) is 13.9. The molecule has 1 aromatic heterocycles. The number of carboxylic acids is 1. The molecule has 2 aromatic carbocycles. The fourth-order valence-corrected chi connectivity index (χ4v) is 1.82. The Morgan fingerprint density at radius 3 is 2.11 bits per heavy atom. The summed E-state index contributed by atoms with van der Waals surface area (Å²) in [5.41, 5.74) is 2.68. The number of fused-ring (bicyclic) bond motifs is 2. The number of halogens is 2. The monoisotopic (exact) mass is 478 g/mol. The van der Waals surface area contributed by atoms with Crippen LogP contribution < -0.4 is 0 Å². The van der Waals surface area contributed by atoms with Gasteiger partial charge >= 0.3 is 5.97 Å². The van der Waals surface area contributed by atoms with Crippen LogP contribution in [0.2, 0.25) is 0 Å². The third-order valence-corrected chi connectivity index (χ3v) is 2.60. The minimum absolute atomic E-state index is 0.181. The van der Waals surface area contributed by atoms with Crippen LogP contribution in [0.15, 0.2) is 42.5 Å². The molecular formula is C13H8I2N2O2. The highest BCUT2D eigenvalue weighted by molar-refractivity contribution is 15.0. The number of aromatic carboxylic acids is 1. The van der Waals surface area contributed by atoms with Crippen LogP contribution in [-0.2, 0) is 0 Å². The van der Waals surface area contributed by atoms with Crippen LogP contribution in [0, 0.1) is 0 Å². The maximum atomic E-state index is 11.1. The molecule has 0 aliphatic rings. The van der Waals surface area contributed by atoms with Gasteiger partial charge in [-0.25, -0.2) is 14.8 Å². The van der Waals surface area contributed by atoms with E-state index >= 15 is 0 Å². The van der Waals surface area contributed by atoms with Gasteiger partial charge in [-0.05, 0) is 24.3 Å². The van der Waals surface area contributed by atoms with E-state index in [2.05, 4.69) is 47.2 Å². The van der Waals surface area contributed by atoms with Crippen molar-refractivity contribution in [1.29, 1.82) is 0 Å². The number of nitrogens with zero attached hydrogens (tertiary/aromatic N) is 2. The first kappa shape index (κ1) is 14.4. The molecule has 6 heteroatoms. The van der Waals surface area contributed by atoms with Gasteiger partial charge in [-0.15, -0.1) is 0 Å². The number of carboxylic acid groups (broad SMARTS) is 1. The summed E-state index contributed by atoms with van der Waals surface area (Å²) in [6.45, 7) is 0. The van der Waals surface area contributed by atoms with Crippen LogP contribution in [0.5, 0.6) is 0 Å². The minimum Gasteiger partial charge on any atom is -0.478 e. The number of hydrogen-bond acceptors (Lipinski definition) is 3. The van der Waals surface area contributed by atoms with Gasteiger partial charge in [-0.3, -0.25) is 0 Å². The topological polar surface area (TPSA) is 63.1 Å². The SMILES string of the molecule is II.O=C(O)c1cccc2nc3ccccc3nc12. The maximum Gasteiger partial charge on any atom is 0.337 e. The van der Waals surface area contributed by atoms with Crippen LogP contribution in [0.4, 0.5) is 0 Å². The summed E-state index contributed by atoms with van der Waals surface area (Å²) in [4.78, 5) is 19.8. The average Bonchev–Trinajstić information content (AvgIpc) is 2.46. The summed E-state index contributed by atoms with van der Waals surface area (Å²) in [5, 5.41) is 9.09. The Morgan fingerprint density at radius 1 is 0.895 bits per heavy atom. The summed E-state index contributed by atoms with van der Waals surface area (Å²) in [6, 6.07) is 12.4. The second kappa shape index (κ2) is 6.42. The molecular weight excluding hydrogens is 470 g/mol. The molecule has 0 fully saturated rings. The number of benzene rings is 2. The molecule has 3 rings (SSSR count). The van der Waals surface area contributed by atoms with Crippen LogP contribution in [0.1, 0.15) is 10.4 Å². The fourth-order valence-electron chi connectivity index (χ4n) is 1.82. The van der Waals surface area contributed by atoms with Crippen molar-refractivity contribution < 1.29 is 9.90 Å². The summed E-state index contributed by atoms with van der Waals surface area (Å²) in [6.07, 6.45) is 0. The first-order valence-electron chi connectivity index (χ1n) is 5.29. The average molecular weight is 478 g/mol. The molecule has 19 heavy (non-hydrogen) atoms. The summed E-state index contributed by atoms with van der Waals surface area (Å²) in [7, 11) is 0. The molecule has 0 aliphatic carbocycles. The Balaban J connectivity index is 0.000000637. The van der Waals surface area contributed by atoms with Gasteiger partial charge in [0.25, 0.3) is 0 Å². The van der Waals surface area contributed by atoms with Gasteiger partial charge in [0.15, 0.2) is 0 Å². The number of carbonyl (C=O) groups is 1. The molecule has 0 amide bonds. The molecule has 0 saturated heterocycles. The Hall–Kier alpha value is -1.03. The van der Waals surface area contributed by atoms with E-state index in [-0.39, 0.29) is 5.56 Å². The summed E-state index contributed by atoms with van der Waals surface area (Å²) >= 11 is 4.24. The van der Waals surface area contributed by atoms with Crippen molar-refractivity contribution in [2.75, 3.05) is 0 Å². The Morgan fingerprint density at radius 2 is 1.47 bits per heavy atom. The third kappa shape index (κ3) is 2.94. The Bertz CT molecular complexity index is 747. The van der Waals surface area contributed by atoms with Crippen molar-refractivity contribution in [3.63, 3.8) is 0 Å². The quantitative estimate of drug-likeness (QED) is 0.420. The Labute approximate surface area is 132 Å². The third-order valence-electron chi connectivity index (χ3n) is 2.60. The number of aromatic nitrogens is 2. The van der Waals surface area contributed by atoms with Crippen LogP contribution >= 0.6 is 37.2 Å². The molecule has 0 aliphatic heterocycles. The highest BCUT2D eigenvalue weighted by atomic mass is 128. The van der Waals surface area contributed by atoms with E-state index < -0.39 is 5.97 Å². The van der Waals surface area contributed by atoms with Crippen molar-refractivity contribution in [1.82, 2.24) is 9.97 Å². The predicted octanol–water partition coefficient (Wildman–Crippen LogP) is 4.25. The normalized spacial score (nSPS) is 10.0. The van der Waals surface area contributed by atoms with Crippen LogP contribution in [0.25, 0.3) is 22.1 Å². The largest absolute Gasteiger partial charge is 0.478 e. The van der Waals surface area contributed by atoms with Crippen LogP contribution in [0.3, 0.4) is 0 Å². The minimum atomic E-state index is -0.986. The fraction of sp³-hybridized carbons (Fsp3) is 0. The van der Waals surface area contributed by atoms with Crippen molar-refractivity contribution >= 4 is 65.3 Å². The van der Waals surface area contributed by atoms with E-state index in [4.69, 9.17) is 5.11 Å². The molecule has 96 valence electrons. The van der Waals surface area contributed by atoms with E-state index in [1.54, 1.807) is 12.1 Å². The summed E-state index contributed by atoms with van der Waals surface area (Å²) in [5.74, 6) is -0.986. The van der Waals surface area contributed by atoms with Crippen molar-refractivity contribution in [2.45, 2.75) is 0 Å². The molecule has 1 heterocycles. The lowest BCUT2D eigenvalue weighted by atomic mass is 10.1. The molecule has 1 N–H and O–H groups in total. The summed E-state index contributed by atoms with van der Waals surface area (Å²) < 4.78 is 0. The van der Waals surface area contributed by atoms with Crippen LogP contribution in [-0.4, -0.2) is 21.0 Å². The van der Waals surface area contributed by atoms with Gasteiger partial charge in [0.05, 0.1) is 22.1 Å². The smallest absolute Gasteiger partial charge is 0.337 e. The lowest BCUT2D eigenvalue weighted by molar-refractivity contribution is 0.0699. The second-order valence-electron chi connectivity index (χ2n) is 3.69. The molecule has 0 saturated carbocycles. The molecule has 0 radical (unpaired) electrons. The van der Waals surface area contributed by atoms with E-state index in [1.165, 1.54) is 6.07 Å². The van der Waals surface area contributed by atoms with E-state index in [9.17, 15) is 4.79 Å². The van der Waals surface area contributed by atoms with Crippen molar-refractivity contribution in [3.05, 3.63) is 48.0 Å². The lowest BCUT2D eigenvalue weighted by Crippen LogP contribution is -1.99. The molecule has 4 nitrogen and oxygen atoms in total. The van der Waals surface area contributed by atoms with Gasteiger partial charge in [-0.2, -0.15) is 0 Å². The lowest BCUT2D eigenvalue weighted by Gasteiger charge is -2.03. The van der Waals surface area contributed by atoms with Crippen molar-refractivity contribution in [2.24, 2.45) is 0 Å². The standard InChI is InChI=1S/C13H8N2O2.I2/c16-13(17)8-4-3-7-11-12(8)15-10-6-2-1-5-9(10)14-11;1-2/h1-7H,(H,16,17);. The molecule has 0 atom stereocenters. The van der Waals surface area contributed by atoms with Gasteiger partial charge in [0.1, 0.15) is 5.52 Å². The number of rotatable bonds is 1. The first-order chi connectivity index (χ1) is 9.25. The zero-order chi connectivity index (χ0) is 13.8. The van der Waals surface area contributed by atoms with Gasteiger partial charge in [0.2, 0.25) is 0 Å². The van der Waals surface area contributed by atoms with E-state index in [0.717, 1.165) is 5.52 Å². The highest BCUT2D eigenvalue weighted by Gasteiger charge is 2.10. The highest BCUT2D eigenvalue weighted by Crippen LogP contribution is 2.19. The predicted molar refractivity (Wildman–Crippen MR) is 92.0 cm³/mol. The van der Waals surface area contributed by atoms with Gasteiger partial charge < -0.3 is 5.11 Å². The molecule has 0 unspecified atom stereocenters. The second-order valence-corrected chi connectivity index (χ2v) is 3.69. The van der Waals surface area contributed by atoms with Gasteiger partial charge in [0, 0.05) is 37.2 Å². The first-order valence-corrected chi connectivity index (χ1v) is 11.6. The van der Waals surface area contributed by atoms with Crippen molar-refractivity contribution in [3.8, 4) is 0 Å². The zero-order valence-electron chi connectivity index (χ0n) is 9.55. The number of hydrogen-bond donors (Lipinski definition) is 1. The van der Waals surface area contributed by atoms with E-state index in [1.807, 2.05) is 24.3 Å². The number of para-hydroxylation sites is 3. The Kier molecular flexibility index (Phi) is 4.86.